The zero-order valence-electron chi connectivity index (χ0n) is 28.4. The number of hydrogen-bond acceptors (Lipinski definition) is 12. The van der Waals surface area contributed by atoms with Gasteiger partial charge < -0.3 is 29.6 Å². The van der Waals surface area contributed by atoms with Crippen molar-refractivity contribution in [2.24, 2.45) is 0 Å². The Labute approximate surface area is 299 Å². The van der Waals surface area contributed by atoms with Crippen molar-refractivity contribution in [2.45, 2.75) is 39.5 Å². The SMILES string of the molecule is CCOC(=O)C1=C(COOCC2=C(C(=O)OCC)C(c3ccccc3Cl)C(C(=O)OC)=C(C)N2)NC(C)=C(C(=O)OC)C1c1ccccc1Cl. The number of allylic oxidation sites excluding steroid dienone is 2. The molecule has 2 aromatic carbocycles. The zero-order valence-corrected chi connectivity index (χ0v) is 30.0. The first-order valence-corrected chi connectivity index (χ1v) is 16.4. The lowest BCUT2D eigenvalue weighted by atomic mass is 9.80. The highest BCUT2D eigenvalue weighted by Crippen LogP contribution is 2.43. The molecule has 2 aliphatic heterocycles. The predicted octanol–water partition coefficient (Wildman–Crippen LogP) is 5.54. The van der Waals surface area contributed by atoms with Crippen LogP contribution in [0.15, 0.2) is 93.6 Å². The van der Waals surface area contributed by atoms with Crippen molar-refractivity contribution < 1.29 is 47.9 Å². The molecule has 2 N–H and O–H groups in total. The largest absolute Gasteiger partial charge is 0.466 e. The third-order valence-electron chi connectivity index (χ3n) is 8.01. The summed E-state index contributed by atoms with van der Waals surface area (Å²) in [5, 5.41) is 6.78. The Morgan fingerprint density at radius 2 is 0.960 bits per heavy atom. The predicted molar refractivity (Wildman–Crippen MR) is 183 cm³/mol. The summed E-state index contributed by atoms with van der Waals surface area (Å²) in [7, 11) is 2.48. The van der Waals surface area contributed by atoms with Crippen molar-refractivity contribution in [2.75, 3.05) is 40.6 Å². The monoisotopic (exact) mass is 728 g/mol. The molecule has 0 spiro atoms. The highest BCUT2D eigenvalue weighted by Gasteiger charge is 2.41. The highest BCUT2D eigenvalue weighted by molar-refractivity contribution is 6.32. The van der Waals surface area contributed by atoms with E-state index in [1.165, 1.54) is 14.2 Å². The average molecular weight is 730 g/mol. The fraction of sp³-hybridized carbons (Fsp3) is 0.333. The average Bonchev–Trinajstić information content (AvgIpc) is 3.09. The van der Waals surface area contributed by atoms with Crippen LogP contribution in [0.3, 0.4) is 0 Å². The lowest BCUT2D eigenvalue weighted by Gasteiger charge is -2.32. The second-order valence-electron chi connectivity index (χ2n) is 11.0. The fourth-order valence-corrected chi connectivity index (χ4v) is 6.41. The number of rotatable bonds is 13. The van der Waals surface area contributed by atoms with Crippen LogP contribution in [-0.2, 0) is 47.9 Å². The van der Waals surface area contributed by atoms with Crippen LogP contribution < -0.4 is 10.6 Å². The Bertz CT molecular complexity index is 1670. The maximum Gasteiger partial charge on any atom is 0.336 e. The molecule has 0 amide bonds. The third-order valence-corrected chi connectivity index (χ3v) is 8.70. The summed E-state index contributed by atoms with van der Waals surface area (Å²) in [6.45, 7) is 6.10. The molecular formula is C36H38Cl2N2O10. The van der Waals surface area contributed by atoms with Gasteiger partial charge in [-0.1, -0.05) is 59.6 Å². The third kappa shape index (κ3) is 8.05. The molecule has 0 saturated carbocycles. The molecular weight excluding hydrogens is 691 g/mol. The second kappa shape index (κ2) is 17.3. The first-order valence-electron chi connectivity index (χ1n) is 15.7. The van der Waals surface area contributed by atoms with Gasteiger partial charge in [-0.3, -0.25) is 0 Å². The quantitative estimate of drug-likeness (QED) is 0.0877. The van der Waals surface area contributed by atoms with Gasteiger partial charge in [-0.25, -0.2) is 29.0 Å². The van der Waals surface area contributed by atoms with Crippen LogP contribution in [0.1, 0.15) is 50.7 Å². The molecule has 0 aromatic heterocycles. The van der Waals surface area contributed by atoms with Gasteiger partial charge in [0, 0.05) is 21.4 Å². The molecule has 2 unspecified atom stereocenters. The van der Waals surface area contributed by atoms with Crippen LogP contribution in [0, 0.1) is 0 Å². The van der Waals surface area contributed by atoms with E-state index in [1.54, 1.807) is 76.2 Å². The number of ether oxygens (including phenoxy) is 4. The zero-order chi connectivity index (χ0) is 36.5. The Morgan fingerprint density at radius 3 is 1.28 bits per heavy atom. The minimum Gasteiger partial charge on any atom is -0.466 e. The van der Waals surface area contributed by atoms with Gasteiger partial charge >= 0.3 is 23.9 Å². The van der Waals surface area contributed by atoms with Crippen molar-refractivity contribution in [1.82, 2.24) is 10.6 Å². The van der Waals surface area contributed by atoms with Crippen molar-refractivity contribution in [3.05, 3.63) is 115 Å². The van der Waals surface area contributed by atoms with Crippen LogP contribution in [0.4, 0.5) is 0 Å². The van der Waals surface area contributed by atoms with Crippen LogP contribution in [0.25, 0.3) is 0 Å². The van der Waals surface area contributed by atoms with Crippen LogP contribution in [0.2, 0.25) is 10.0 Å². The number of methoxy groups -OCH3 is 2. The second-order valence-corrected chi connectivity index (χ2v) is 11.8. The van der Waals surface area contributed by atoms with Crippen LogP contribution >= 0.6 is 23.2 Å². The molecule has 2 aliphatic rings. The van der Waals surface area contributed by atoms with Crippen LogP contribution in [0.5, 0.6) is 0 Å². The number of esters is 4. The van der Waals surface area contributed by atoms with Gasteiger partial charge in [0.1, 0.15) is 13.2 Å². The molecule has 50 heavy (non-hydrogen) atoms. The fourth-order valence-electron chi connectivity index (χ4n) is 5.92. The normalized spacial score (nSPS) is 17.6. The number of hydrogen-bond donors (Lipinski definition) is 2. The number of nitrogens with one attached hydrogen (secondary N) is 2. The number of halogens is 2. The molecule has 14 heteroatoms. The van der Waals surface area contributed by atoms with E-state index in [0.717, 1.165) is 0 Å². The standard InChI is InChI=1S/C36H38Cl2N2O10/c1-7-47-35(43)31-25(39-19(3)27(33(41)45-5)29(31)21-13-9-11-15-23(21)37)17-49-50-18-26-32(36(44)48-8-2)30(22-14-10-12-16-24(22)38)28(20(4)40-26)34(42)46-6/h9-16,29-30,39-40H,7-8,17-18H2,1-6H3. The maximum atomic E-state index is 13.5. The first kappa shape index (κ1) is 38.2. The van der Waals surface area contributed by atoms with Crippen LogP contribution in [-0.4, -0.2) is 64.5 Å². The van der Waals surface area contributed by atoms with Crippen molar-refractivity contribution in [3.63, 3.8) is 0 Å². The summed E-state index contributed by atoms with van der Waals surface area (Å²) >= 11 is 13.2. The van der Waals surface area contributed by atoms with Crippen molar-refractivity contribution >= 4 is 47.1 Å². The molecule has 0 fully saturated rings. The molecule has 2 atom stereocenters. The van der Waals surface area contributed by atoms with Crippen molar-refractivity contribution in [1.29, 1.82) is 0 Å². The van der Waals surface area contributed by atoms with Gasteiger partial charge in [0.25, 0.3) is 0 Å². The van der Waals surface area contributed by atoms with Gasteiger partial charge in [-0.05, 0) is 51.0 Å². The molecule has 0 saturated heterocycles. The molecule has 12 nitrogen and oxygen atoms in total. The lowest BCUT2D eigenvalue weighted by molar-refractivity contribution is -0.282. The Morgan fingerprint density at radius 1 is 0.600 bits per heavy atom. The smallest absolute Gasteiger partial charge is 0.336 e. The Balaban J connectivity index is 1.73. The number of dihydropyridines is 2. The minimum absolute atomic E-state index is 0.0575. The summed E-state index contributed by atoms with van der Waals surface area (Å²) in [5.41, 5.74) is 2.69. The van der Waals surface area contributed by atoms with E-state index in [1.807, 2.05) is 0 Å². The number of benzene rings is 2. The summed E-state index contributed by atoms with van der Waals surface area (Å²) in [4.78, 5) is 64.4. The van der Waals surface area contributed by atoms with Gasteiger partial charge in [0.15, 0.2) is 0 Å². The van der Waals surface area contributed by atoms with E-state index in [2.05, 4.69) is 10.6 Å². The van der Waals surface area contributed by atoms with Gasteiger partial charge in [0.2, 0.25) is 0 Å². The van der Waals surface area contributed by atoms with E-state index in [0.29, 0.717) is 32.6 Å². The molecule has 0 aliphatic carbocycles. The van der Waals surface area contributed by atoms with E-state index < -0.39 is 35.7 Å². The first-order chi connectivity index (χ1) is 24.0. The highest BCUT2D eigenvalue weighted by atomic mass is 35.5. The Hall–Kier alpha value is -4.62. The van der Waals surface area contributed by atoms with Gasteiger partial charge in [0.05, 0.1) is 73.0 Å². The molecule has 2 heterocycles. The topological polar surface area (TPSA) is 148 Å². The molecule has 0 radical (unpaired) electrons. The molecule has 4 rings (SSSR count). The summed E-state index contributed by atoms with van der Waals surface area (Å²) in [6.07, 6.45) is 0. The van der Waals surface area contributed by atoms with E-state index in [9.17, 15) is 19.2 Å². The van der Waals surface area contributed by atoms with E-state index in [-0.39, 0.29) is 60.1 Å². The van der Waals surface area contributed by atoms with Gasteiger partial charge in [-0.2, -0.15) is 0 Å². The summed E-state index contributed by atoms with van der Waals surface area (Å²) < 4.78 is 21.0. The maximum absolute atomic E-state index is 13.5. The Kier molecular flexibility index (Phi) is 13.3. The summed E-state index contributed by atoms with van der Waals surface area (Å²) in [6, 6.07) is 13.6. The molecule has 2 aromatic rings. The van der Waals surface area contributed by atoms with E-state index >= 15 is 0 Å². The summed E-state index contributed by atoms with van der Waals surface area (Å²) in [5.74, 6) is -4.68. The molecule has 266 valence electrons. The number of carbonyl (C=O) groups is 4. The van der Waals surface area contributed by atoms with E-state index in [4.69, 9.17) is 51.9 Å². The van der Waals surface area contributed by atoms with Crippen molar-refractivity contribution in [3.8, 4) is 0 Å². The lowest BCUT2D eigenvalue weighted by Crippen LogP contribution is -2.35. The number of carbonyl (C=O) groups excluding carboxylic acids is 4. The van der Waals surface area contributed by atoms with Gasteiger partial charge in [-0.15, -0.1) is 0 Å². The molecule has 0 bridgehead atoms. The minimum atomic E-state index is -0.964.